The summed E-state index contributed by atoms with van der Waals surface area (Å²) in [6.45, 7) is 0.0523. The van der Waals surface area contributed by atoms with Crippen LogP contribution >= 0.6 is 15.9 Å². The molecule has 0 unspecified atom stereocenters. The molecule has 0 saturated heterocycles. The standard InChI is InChI=1S/C12H9BrFN5O/c13-7-1-2-8(14)6(3-7)5-20-9-4-10(15)16-12-11(9)17-19-18-12/h1-4H,5H2,(H3,15,16,17,18,19). The maximum atomic E-state index is 13.6. The highest BCUT2D eigenvalue weighted by Gasteiger charge is 2.11. The number of hydrogen-bond donors (Lipinski definition) is 2. The number of anilines is 1. The minimum absolute atomic E-state index is 0.0523. The molecule has 8 heteroatoms. The van der Waals surface area contributed by atoms with Gasteiger partial charge in [-0.1, -0.05) is 15.9 Å². The van der Waals surface area contributed by atoms with Crippen LogP contribution in [0.5, 0.6) is 5.75 Å². The van der Waals surface area contributed by atoms with Crippen LogP contribution in [0.4, 0.5) is 10.2 Å². The van der Waals surface area contributed by atoms with Gasteiger partial charge in [0, 0.05) is 16.1 Å². The largest absolute Gasteiger partial charge is 0.486 e. The predicted molar refractivity (Wildman–Crippen MR) is 74.5 cm³/mol. The first kappa shape index (κ1) is 12.8. The van der Waals surface area contributed by atoms with E-state index in [4.69, 9.17) is 10.5 Å². The lowest BCUT2D eigenvalue weighted by molar-refractivity contribution is 0.303. The molecular formula is C12H9BrFN5O. The Hall–Kier alpha value is -2.22. The molecule has 0 aliphatic heterocycles. The number of aromatic nitrogens is 4. The molecular weight excluding hydrogens is 329 g/mol. The van der Waals surface area contributed by atoms with Gasteiger partial charge in [-0.25, -0.2) is 9.37 Å². The molecule has 0 bridgehead atoms. The van der Waals surface area contributed by atoms with E-state index in [0.717, 1.165) is 4.47 Å². The predicted octanol–water partition coefficient (Wildman–Crippen LogP) is 2.42. The van der Waals surface area contributed by atoms with Crippen LogP contribution in [0.3, 0.4) is 0 Å². The Balaban J connectivity index is 1.90. The lowest BCUT2D eigenvalue weighted by Gasteiger charge is -2.08. The van der Waals surface area contributed by atoms with Gasteiger partial charge in [-0.05, 0) is 18.2 Å². The molecule has 20 heavy (non-hydrogen) atoms. The van der Waals surface area contributed by atoms with Crippen LogP contribution in [-0.4, -0.2) is 20.4 Å². The van der Waals surface area contributed by atoms with Crippen LogP contribution in [-0.2, 0) is 6.61 Å². The number of nitrogens with two attached hydrogens (primary N) is 1. The normalized spacial score (nSPS) is 10.9. The Bertz CT molecular complexity index is 776. The van der Waals surface area contributed by atoms with E-state index in [-0.39, 0.29) is 18.2 Å². The summed E-state index contributed by atoms with van der Waals surface area (Å²) in [6, 6.07) is 6.18. The van der Waals surface area contributed by atoms with Crippen molar-refractivity contribution in [2.24, 2.45) is 0 Å². The topological polar surface area (TPSA) is 89.7 Å². The Labute approximate surface area is 121 Å². The van der Waals surface area contributed by atoms with Crippen molar-refractivity contribution in [1.29, 1.82) is 0 Å². The molecule has 0 spiro atoms. The molecule has 2 aromatic heterocycles. The summed E-state index contributed by atoms with van der Waals surface area (Å²) in [5.41, 5.74) is 6.88. The highest BCUT2D eigenvalue weighted by Crippen LogP contribution is 2.25. The number of fused-ring (bicyclic) bond motifs is 1. The molecule has 102 valence electrons. The smallest absolute Gasteiger partial charge is 0.207 e. The summed E-state index contributed by atoms with van der Waals surface area (Å²) in [4.78, 5) is 3.99. The second-order valence-electron chi connectivity index (χ2n) is 4.07. The number of ether oxygens (including phenoxy) is 1. The zero-order valence-corrected chi connectivity index (χ0v) is 11.7. The molecule has 0 aliphatic rings. The van der Waals surface area contributed by atoms with E-state index >= 15 is 0 Å². The number of nitrogens with zero attached hydrogens (tertiary/aromatic N) is 3. The number of aromatic amines is 1. The maximum absolute atomic E-state index is 13.6. The van der Waals surface area contributed by atoms with Gasteiger partial charge in [0.1, 0.15) is 18.2 Å². The van der Waals surface area contributed by atoms with Crippen LogP contribution < -0.4 is 10.5 Å². The number of rotatable bonds is 3. The number of hydrogen-bond acceptors (Lipinski definition) is 5. The third-order valence-corrected chi connectivity index (χ3v) is 3.16. The SMILES string of the molecule is Nc1cc(OCc2cc(Br)ccc2F)c2n[nH]nc2n1. The van der Waals surface area contributed by atoms with Gasteiger partial charge in [0.15, 0.2) is 11.3 Å². The number of H-pyrrole nitrogens is 1. The lowest BCUT2D eigenvalue weighted by Crippen LogP contribution is -2.01. The summed E-state index contributed by atoms with van der Waals surface area (Å²) in [7, 11) is 0. The van der Waals surface area contributed by atoms with E-state index < -0.39 is 0 Å². The zero-order valence-electron chi connectivity index (χ0n) is 10.1. The fourth-order valence-corrected chi connectivity index (χ4v) is 2.15. The quantitative estimate of drug-likeness (QED) is 0.765. The van der Waals surface area contributed by atoms with E-state index in [1.54, 1.807) is 12.1 Å². The molecule has 6 nitrogen and oxygen atoms in total. The number of halogens is 2. The molecule has 0 saturated carbocycles. The maximum Gasteiger partial charge on any atom is 0.207 e. The first-order valence-electron chi connectivity index (χ1n) is 5.67. The highest BCUT2D eigenvalue weighted by atomic mass is 79.9. The van der Waals surface area contributed by atoms with Gasteiger partial charge >= 0.3 is 0 Å². The fourth-order valence-electron chi connectivity index (χ4n) is 1.75. The Kier molecular flexibility index (Phi) is 3.23. The van der Waals surface area contributed by atoms with E-state index in [9.17, 15) is 4.39 Å². The van der Waals surface area contributed by atoms with Crippen LogP contribution in [0.15, 0.2) is 28.7 Å². The van der Waals surface area contributed by atoms with Crippen molar-refractivity contribution < 1.29 is 9.13 Å². The van der Waals surface area contributed by atoms with Gasteiger partial charge in [-0.15, -0.1) is 5.10 Å². The molecule has 3 N–H and O–H groups in total. The zero-order chi connectivity index (χ0) is 14.1. The van der Waals surface area contributed by atoms with Gasteiger partial charge in [0.25, 0.3) is 0 Å². The van der Waals surface area contributed by atoms with Gasteiger partial charge in [-0.3, -0.25) is 0 Å². The minimum atomic E-state index is -0.341. The molecule has 2 heterocycles. The van der Waals surface area contributed by atoms with Crippen LogP contribution in [0.25, 0.3) is 11.2 Å². The van der Waals surface area contributed by atoms with Gasteiger partial charge in [0.2, 0.25) is 5.65 Å². The van der Waals surface area contributed by atoms with E-state index in [0.29, 0.717) is 22.5 Å². The summed E-state index contributed by atoms with van der Waals surface area (Å²) in [6.07, 6.45) is 0. The van der Waals surface area contributed by atoms with Crippen molar-refractivity contribution >= 4 is 32.9 Å². The Morgan fingerprint density at radius 1 is 1.30 bits per heavy atom. The highest BCUT2D eigenvalue weighted by molar-refractivity contribution is 9.10. The first-order chi connectivity index (χ1) is 9.63. The summed E-state index contributed by atoms with van der Waals surface area (Å²) >= 11 is 3.29. The average molecular weight is 338 g/mol. The van der Waals surface area contributed by atoms with Crippen molar-refractivity contribution in [3.05, 3.63) is 40.1 Å². The fraction of sp³-hybridized carbons (Fsp3) is 0.0833. The lowest BCUT2D eigenvalue weighted by atomic mass is 10.2. The van der Waals surface area contributed by atoms with Crippen LogP contribution in [0, 0.1) is 5.82 Å². The molecule has 0 aliphatic carbocycles. The summed E-state index contributed by atoms with van der Waals surface area (Å²) < 4.78 is 20.0. The summed E-state index contributed by atoms with van der Waals surface area (Å²) in [5, 5.41) is 10.2. The van der Waals surface area contributed by atoms with Crippen molar-refractivity contribution in [3.63, 3.8) is 0 Å². The van der Waals surface area contributed by atoms with Crippen molar-refractivity contribution in [2.45, 2.75) is 6.61 Å². The second kappa shape index (κ2) is 5.04. The molecule has 0 atom stereocenters. The van der Waals surface area contributed by atoms with Crippen LogP contribution in [0.1, 0.15) is 5.56 Å². The number of pyridine rings is 1. The van der Waals surface area contributed by atoms with Crippen LogP contribution in [0.2, 0.25) is 0 Å². The van der Waals surface area contributed by atoms with Crippen molar-refractivity contribution in [1.82, 2.24) is 20.4 Å². The third kappa shape index (κ3) is 2.42. The Morgan fingerprint density at radius 3 is 3.00 bits per heavy atom. The van der Waals surface area contributed by atoms with Gasteiger partial charge < -0.3 is 10.5 Å². The average Bonchev–Trinajstić information content (AvgIpc) is 2.87. The van der Waals surface area contributed by atoms with Crippen molar-refractivity contribution in [3.8, 4) is 5.75 Å². The van der Waals surface area contributed by atoms with Crippen molar-refractivity contribution in [2.75, 3.05) is 5.73 Å². The van der Waals surface area contributed by atoms with E-state index in [1.807, 2.05) is 0 Å². The monoisotopic (exact) mass is 337 g/mol. The first-order valence-corrected chi connectivity index (χ1v) is 6.46. The van der Waals surface area contributed by atoms with Gasteiger partial charge in [0.05, 0.1) is 0 Å². The van der Waals surface area contributed by atoms with Gasteiger partial charge in [-0.2, -0.15) is 10.3 Å². The Morgan fingerprint density at radius 2 is 2.15 bits per heavy atom. The van der Waals surface area contributed by atoms with E-state index in [2.05, 4.69) is 36.3 Å². The molecule has 0 radical (unpaired) electrons. The number of nitrogens with one attached hydrogen (secondary N) is 1. The molecule has 0 fully saturated rings. The molecule has 3 aromatic rings. The molecule has 3 rings (SSSR count). The van der Waals surface area contributed by atoms with E-state index in [1.165, 1.54) is 12.1 Å². The number of benzene rings is 1. The third-order valence-electron chi connectivity index (χ3n) is 2.67. The second-order valence-corrected chi connectivity index (χ2v) is 4.98. The number of nitrogen functional groups attached to an aromatic ring is 1. The minimum Gasteiger partial charge on any atom is -0.486 e. The molecule has 0 amide bonds. The molecule has 1 aromatic carbocycles. The summed E-state index contributed by atoms with van der Waals surface area (Å²) in [5.74, 6) is 0.323.